The molecule has 35 heavy (non-hydrogen) atoms. The third-order valence-electron chi connectivity index (χ3n) is 6.21. The van der Waals surface area contributed by atoms with Gasteiger partial charge in [0.05, 0.1) is 18.7 Å². The van der Waals surface area contributed by atoms with Gasteiger partial charge in [-0.2, -0.15) is 0 Å². The molecule has 2 heterocycles. The minimum absolute atomic E-state index is 0.0483. The molecular weight excluding hydrogens is 469 g/mol. The highest BCUT2D eigenvalue weighted by atomic mass is 35.5. The van der Waals surface area contributed by atoms with Gasteiger partial charge in [0.1, 0.15) is 23.2 Å². The SMILES string of the molecule is COCCN1C(C)CN(c2cc(Nc3ccc(F)c(Cl)c3)nc(-c3cccc(OC)c3)n2)CC1C. The second-order valence-corrected chi connectivity index (χ2v) is 9.16. The Balaban J connectivity index is 1.69. The van der Waals surface area contributed by atoms with E-state index < -0.39 is 5.82 Å². The molecule has 0 aliphatic carbocycles. The van der Waals surface area contributed by atoms with E-state index in [9.17, 15) is 4.39 Å². The first-order chi connectivity index (χ1) is 16.9. The first-order valence-electron chi connectivity index (χ1n) is 11.6. The van der Waals surface area contributed by atoms with Gasteiger partial charge >= 0.3 is 0 Å². The molecule has 2 unspecified atom stereocenters. The van der Waals surface area contributed by atoms with E-state index in [0.717, 1.165) is 36.8 Å². The summed E-state index contributed by atoms with van der Waals surface area (Å²) >= 11 is 5.99. The lowest BCUT2D eigenvalue weighted by Gasteiger charge is -2.45. The van der Waals surface area contributed by atoms with E-state index in [2.05, 4.69) is 29.0 Å². The van der Waals surface area contributed by atoms with Crippen molar-refractivity contribution in [3.05, 3.63) is 59.4 Å². The number of nitrogens with one attached hydrogen (secondary N) is 1. The van der Waals surface area contributed by atoms with Gasteiger partial charge in [0, 0.05) is 56.1 Å². The lowest BCUT2D eigenvalue weighted by Crippen LogP contribution is -2.57. The highest BCUT2D eigenvalue weighted by Crippen LogP contribution is 2.29. The van der Waals surface area contributed by atoms with Crippen LogP contribution in [0.4, 0.5) is 21.7 Å². The first-order valence-corrected chi connectivity index (χ1v) is 12.0. The van der Waals surface area contributed by atoms with E-state index in [-0.39, 0.29) is 5.02 Å². The molecular formula is C26H31ClFN5O2. The number of aromatic nitrogens is 2. The maximum atomic E-state index is 13.7. The summed E-state index contributed by atoms with van der Waals surface area (Å²) in [6.07, 6.45) is 0. The number of hydrogen-bond donors (Lipinski definition) is 1. The fourth-order valence-corrected chi connectivity index (χ4v) is 4.64. The van der Waals surface area contributed by atoms with Crippen molar-refractivity contribution >= 4 is 28.9 Å². The van der Waals surface area contributed by atoms with Crippen LogP contribution < -0.4 is 15.0 Å². The summed E-state index contributed by atoms with van der Waals surface area (Å²) in [5.41, 5.74) is 1.48. The van der Waals surface area contributed by atoms with Crippen molar-refractivity contribution in [2.45, 2.75) is 25.9 Å². The normalized spacial score (nSPS) is 18.5. The number of hydrogen-bond acceptors (Lipinski definition) is 7. The van der Waals surface area contributed by atoms with Crippen LogP contribution >= 0.6 is 11.6 Å². The van der Waals surface area contributed by atoms with Crippen LogP contribution in [-0.4, -0.2) is 67.4 Å². The molecule has 2 atom stereocenters. The lowest BCUT2D eigenvalue weighted by atomic mass is 10.1. The van der Waals surface area contributed by atoms with Crippen LogP contribution in [0.5, 0.6) is 5.75 Å². The van der Waals surface area contributed by atoms with E-state index in [0.29, 0.717) is 36.0 Å². The molecule has 3 aromatic rings. The number of ether oxygens (including phenoxy) is 2. The molecule has 1 aromatic heterocycles. The van der Waals surface area contributed by atoms with Crippen molar-refractivity contribution in [3.63, 3.8) is 0 Å². The molecule has 1 aliphatic heterocycles. The fourth-order valence-electron chi connectivity index (χ4n) is 4.45. The van der Waals surface area contributed by atoms with E-state index in [4.69, 9.17) is 31.0 Å². The Morgan fingerprint density at radius 1 is 1.06 bits per heavy atom. The van der Waals surface area contributed by atoms with Crippen molar-refractivity contribution in [3.8, 4) is 17.1 Å². The summed E-state index contributed by atoms with van der Waals surface area (Å²) < 4.78 is 24.4. The van der Waals surface area contributed by atoms with Gasteiger partial charge in [-0.05, 0) is 44.2 Å². The molecule has 0 spiro atoms. The molecule has 9 heteroatoms. The monoisotopic (exact) mass is 499 g/mol. The number of piperazine rings is 1. The van der Waals surface area contributed by atoms with Crippen LogP contribution in [0.15, 0.2) is 48.5 Å². The Labute approximate surface area is 210 Å². The summed E-state index contributed by atoms with van der Waals surface area (Å²) in [5, 5.41) is 3.31. The zero-order valence-corrected chi connectivity index (χ0v) is 21.2. The summed E-state index contributed by atoms with van der Waals surface area (Å²) in [6.45, 7) is 7.69. The van der Waals surface area contributed by atoms with E-state index in [1.54, 1.807) is 26.4 Å². The van der Waals surface area contributed by atoms with Crippen LogP contribution in [0.2, 0.25) is 5.02 Å². The molecule has 186 valence electrons. The van der Waals surface area contributed by atoms with Crippen molar-refractivity contribution in [1.82, 2.24) is 14.9 Å². The lowest BCUT2D eigenvalue weighted by molar-refractivity contribution is 0.0845. The zero-order chi connectivity index (χ0) is 24.9. The maximum absolute atomic E-state index is 13.7. The number of nitrogens with zero attached hydrogens (tertiary/aromatic N) is 4. The molecule has 1 saturated heterocycles. The van der Waals surface area contributed by atoms with Gasteiger partial charge in [-0.3, -0.25) is 4.90 Å². The van der Waals surface area contributed by atoms with Crippen LogP contribution in [0.1, 0.15) is 13.8 Å². The number of anilines is 3. The van der Waals surface area contributed by atoms with Gasteiger partial charge in [-0.25, -0.2) is 14.4 Å². The van der Waals surface area contributed by atoms with E-state index in [1.165, 1.54) is 6.07 Å². The molecule has 1 fully saturated rings. The smallest absolute Gasteiger partial charge is 0.164 e. The summed E-state index contributed by atoms with van der Waals surface area (Å²) in [6, 6.07) is 14.7. The Morgan fingerprint density at radius 2 is 1.83 bits per heavy atom. The summed E-state index contributed by atoms with van der Waals surface area (Å²) in [4.78, 5) is 14.4. The third kappa shape index (κ3) is 6.01. The highest BCUT2D eigenvalue weighted by Gasteiger charge is 2.30. The Kier molecular flexibility index (Phi) is 8.05. The second-order valence-electron chi connectivity index (χ2n) is 8.75. The van der Waals surface area contributed by atoms with E-state index >= 15 is 0 Å². The predicted octanol–water partition coefficient (Wildman–Crippen LogP) is 5.23. The van der Waals surface area contributed by atoms with Gasteiger partial charge in [0.2, 0.25) is 0 Å². The van der Waals surface area contributed by atoms with E-state index in [1.807, 2.05) is 30.3 Å². The first kappa shape index (κ1) is 25.2. The predicted molar refractivity (Wildman–Crippen MR) is 138 cm³/mol. The second kappa shape index (κ2) is 11.2. The van der Waals surface area contributed by atoms with Crippen LogP contribution in [-0.2, 0) is 4.74 Å². The van der Waals surface area contributed by atoms with Crippen molar-refractivity contribution < 1.29 is 13.9 Å². The Bertz CT molecular complexity index is 1150. The Morgan fingerprint density at radius 3 is 2.51 bits per heavy atom. The highest BCUT2D eigenvalue weighted by molar-refractivity contribution is 6.31. The molecule has 0 radical (unpaired) electrons. The van der Waals surface area contributed by atoms with Gasteiger partial charge in [-0.1, -0.05) is 23.7 Å². The fraction of sp³-hybridized carbons (Fsp3) is 0.385. The summed E-state index contributed by atoms with van der Waals surface area (Å²) in [7, 11) is 3.36. The molecule has 4 rings (SSSR count). The molecule has 0 amide bonds. The number of methoxy groups -OCH3 is 2. The number of halogens is 2. The van der Waals surface area contributed by atoms with Gasteiger partial charge in [0.25, 0.3) is 0 Å². The molecule has 1 N–H and O–H groups in total. The topological polar surface area (TPSA) is 62.8 Å². The average molecular weight is 500 g/mol. The summed E-state index contributed by atoms with van der Waals surface area (Å²) in [5.74, 6) is 2.24. The van der Waals surface area contributed by atoms with Gasteiger partial charge < -0.3 is 19.7 Å². The van der Waals surface area contributed by atoms with Crippen LogP contribution in [0, 0.1) is 5.82 Å². The average Bonchev–Trinajstić information content (AvgIpc) is 2.85. The van der Waals surface area contributed by atoms with Crippen molar-refractivity contribution in [2.24, 2.45) is 0 Å². The minimum Gasteiger partial charge on any atom is -0.497 e. The van der Waals surface area contributed by atoms with Crippen molar-refractivity contribution in [2.75, 3.05) is 50.7 Å². The van der Waals surface area contributed by atoms with Gasteiger partial charge in [0.15, 0.2) is 5.82 Å². The van der Waals surface area contributed by atoms with Gasteiger partial charge in [-0.15, -0.1) is 0 Å². The molecule has 2 aromatic carbocycles. The molecule has 7 nitrogen and oxygen atoms in total. The number of benzene rings is 2. The van der Waals surface area contributed by atoms with Crippen molar-refractivity contribution in [1.29, 1.82) is 0 Å². The minimum atomic E-state index is -0.466. The largest absolute Gasteiger partial charge is 0.497 e. The standard InChI is InChI=1S/C26H31ClFN5O2/c1-17-15-32(16-18(2)33(17)10-11-34-3)25-14-24(29-20-8-9-23(28)22(27)13-20)30-26(31-25)19-6-5-7-21(12-19)35-4/h5-9,12-14,17-18H,10-11,15-16H2,1-4H3,(H,29,30,31). The quantitative estimate of drug-likeness (QED) is 0.455. The van der Waals surface area contributed by atoms with Crippen LogP contribution in [0.25, 0.3) is 11.4 Å². The molecule has 0 bridgehead atoms. The molecule has 0 saturated carbocycles. The number of rotatable bonds is 8. The third-order valence-corrected chi connectivity index (χ3v) is 6.50. The molecule has 1 aliphatic rings. The Hall–Kier alpha value is -2.94. The maximum Gasteiger partial charge on any atom is 0.164 e. The van der Waals surface area contributed by atoms with Crippen LogP contribution in [0.3, 0.4) is 0 Å². The zero-order valence-electron chi connectivity index (χ0n) is 20.5.